The van der Waals surface area contributed by atoms with E-state index < -0.39 is 10.0 Å². The van der Waals surface area contributed by atoms with Crippen molar-refractivity contribution in [1.82, 2.24) is 14.5 Å². The van der Waals surface area contributed by atoms with Crippen LogP contribution in [0.3, 0.4) is 0 Å². The molecule has 1 atom stereocenters. The summed E-state index contributed by atoms with van der Waals surface area (Å²) in [5.41, 5.74) is 0. The Hall–Kier alpha value is -1.84. The quantitative estimate of drug-likeness (QED) is 0.647. The molecule has 0 radical (unpaired) electrons. The van der Waals surface area contributed by atoms with Crippen molar-refractivity contribution in [2.24, 2.45) is 11.8 Å². The molecule has 31 heavy (non-hydrogen) atoms. The SMILES string of the molecule is COc1ccc(S(=O)(=O)N2CCC(C(=O)NCC3CCN(C(C)C)C3)CC2)cc1OC. The molecule has 0 saturated carbocycles. The molecule has 0 spiro atoms. The van der Waals surface area contributed by atoms with Gasteiger partial charge in [-0.05, 0) is 57.7 Å². The number of nitrogens with zero attached hydrogens (tertiary/aromatic N) is 2. The highest BCUT2D eigenvalue weighted by molar-refractivity contribution is 7.89. The van der Waals surface area contributed by atoms with E-state index in [1.54, 1.807) is 6.07 Å². The topological polar surface area (TPSA) is 88.2 Å². The summed E-state index contributed by atoms with van der Waals surface area (Å²) in [5.74, 6) is 1.26. The summed E-state index contributed by atoms with van der Waals surface area (Å²) in [6.07, 6.45) is 2.17. The fraction of sp³-hybridized carbons (Fsp3) is 0.682. The summed E-state index contributed by atoms with van der Waals surface area (Å²) >= 11 is 0. The highest BCUT2D eigenvalue weighted by Crippen LogP contribution is 2.32. The van der Waals surface area contributed by atoms with Crippen molar-refractivity contribution in [3.05, 3.63) is 18.2 Å². The molecule has 2 heterocycles. The van der Waals surface area contributed by atoms with Gasteiger partial charge in [-0.1, -0.05) is 0 Å². The van der Waals surface area contributed by atoms with Crippen molar-refractivity contribution in [3.8, 4) is 11.5 Å². The second-order valence-corrected chi connectivity index (χ2v) is 10.6. The lowest BCUT2D eigenvalue weighted by Gasteiger charge is -2.31. The number of likely N-dealkylation sites (tertiary alicyclic amines) is 1. The number of hydrogen-bond donors (Lipinski definition) is 1. The molecule has 2 saturated heterocycles. The van der Waals surface area contributed by atoms with E-state index in [-0.39, 0.29) is 16.7 Å². The van der Waals surface area contributed by atoms with Gasteiger partial charge in [0.2, 0.25) is 15.9 Å². The number of benzene rings is 1. The van der Waals surface area contributed by atoms with E-state index in [9.17, 15) is 13.2 Å². The first kappa shape index (κ1) is 23.8. The summed E-state index contributed by atoms with van der Waals surface area (Å²) in [5, 5.41) is 3.10. The molecule has 9 heteroatoms. The maximum atomic E-state index is 13.0. The van der Waals surface area contributed by atoms with Crippen molar-refractivity contribution < 1.29 is 22.7 Å². The van der Waals surface area contributed by atoms with Gasteiger partial charge in [-0.3, -0.25) is 4.79 Å². The fourth-order valence-electron chi connectivity index (χ4n) is 4.37. The Labute approximate surface area is 185 Å². The molecule has 174 valence electrons. The van der Waals surface area contributed by atoms with Gasteiger partial charge in [-0.15, -0.1) is 0 Å². The van der Waals surface area contributed by atoms with Crippen molar-refractivity contribution in [2.45, 2.75) is 44.0 Å². The van der Waals surface area contributed by atoms with Crippen LogP contribution in [0, 0.1) is 11.8 Å². The smallest absolute Gasteiger partial charge is 0.243 e. The van der Waals surface area contributed by atoms with Crippen LogP contribution < -0.4 is 14.8 Å². The van der Waals surface area contributed by atoms with Crippen molar-refractivity contribution in [3.63, 3.8) is 0 Å². The highest BCUT2D eigenvalue weighted by atomic mass is 32.2. The molecule has 1 aromatic carbocycles. The van der Waals surface area contributed by atoms with E-state index in [1.165, 1.54) is 30.7 Å². The van der Waals surface area contributed by atoms with Gasteiger partial charge >= 0.3 is 0 Å². The maximum Gasteiger partial charge on any atom is 0.243 e. The lowest BCUT2D eigenvalue weighted by atomic mass is 9.97. The lowest BCUT2D eigenvalue weighted by Crippen LogP contribution is -2.44. The molecule has 0 aromatic heterocycles. The number of ether oxygens (including phenoxy) is 2. The Kier molecular flexibility index (Phi) is 7.82. The largest absolute Gasteiger partial charge is 0.493 e. The molecule has 3 rings (SSSR count). The monoisotopic (exact) mass is 453 g/mol. The number of nitrogens with one attached hydrogen (secondary N) is 1. The van der Waals surface area contributed by atoms with Crippen LogP contribution >= 0.6 is 0 Å². The van der Waals surface area contributed by atoms with Crippen molar-refractivity contribution in [2.75, 3.05) is 46.9 Å². The molecule has 2 aliphatic heterocycles. The van der Waals surface area contributed by atoms with E-state index >= 15 is 0 Å². The standard InChI is InChI=1S/C22H35N3O5S/c1-16(2)24-10-7-17(15-24)14-23-22(26)18-8-11-25(12-9-18)31(27,28)19-5-6-20(29-3)21(13-19)30-4/h5-6,13,16-18H,7-12,14-15H2,1-4H3,(H,23,26). The third-order valence-electron chi connectivity index (χ3n) is 6.43. The second-order valence-electron chi connectivity index (χ2n) is 8.68. The minimum absolute atomic E-state index is 0.0474. The molecule has 1 unspecified atom stereocenters. The number of carbonyl (C=O) groups excluding carboxylic acids is 1. The predicted molar refractivity (Wildman–Crippen MR) is 119 cm³/mol. The number of carbonyl (C=O) groups is 1. The van der Waals surface area contributed by atoms with Gasteiger partial charge in [0.1, 0.15) is 0 Å². The second kappa shape index (κ2) is 10.2. The van der Waals surface area contributed by atoms with Crippen molar-refractivity contribution >= 4 is 15.9 Å². The van der Waals surface area contributed by atoms with Gasteiger partial charge < -0.3 is 19.7 Å². The molecule has 8 nitrogen and oxygen atoms in total. The van der Waals surface area contributed by atoms with Gasteiger partial charge in [0, 0.05) is 44.2 Å². The van der Waals surface area contributed by atoms with Gasteiger partial charge in [0.15, 0.2) is 11.5 Å². The minimum atomic E-state index is -3.65. The Morgan fingerprint density at radius 3 is 2.35 bits per heavy atom. The zero-order valence-corrected chi connectivity index (χ0v) is 19.8. The van der Waals surface area contributed by atoms with Gasteiger partial charge in [0.05, 0.1) is 19.1 Å². The number of sulfonamides is 1. The minimum Gasteiger partial charge on any atom is -0.493 e. The summed E-state index contributed by atoms with van der Waals surface area (Å²) in [4.78, 5) is 15.2. The highest BCUT2D eigenvalue weighted by Gasteiger charge is 2.33. The van der Waals surface area contributed by atoms with Crippen molar-refractivity contribution in [1.29, 1.82) is 0 Å². The molecule has 2 fully saturated rings. The van der Waals surface area contributed by atoms with Crippen LogP contribution in [-0.2, 0) is 14.8 Å². The molecular weight excluding hydrogens is 418 g/mol. The van der Waals surface area contributed by atoms with Crippen LogP contribution in [0.2, 0.25) is 0 Å². The van der Waals surface area contributed by atoms with E-state index in [4.69, 9.17) is 9.47 Å². The van der Waals surface area contributed by atoms with E-state index in [0.717, 1.165) is 19.5 Å². The van der Waals surface area contributed by atoms with E-state index in [2.05, 4.69) is 24.1 Å². The Balaban J connectivity index is 1.52. The zero-order chi connectivity index (χ0) is 22.6. The Morgan fingerprint density at radius 2 is 1.77 bits per heavy atom. The average Bonchev–Trinajstić information content (AvgIpc) is 3.26. The summed E-state index contributed by atoms with van der Waals surface area (Å²) in [7, 11) is -0.663. The molecule has 0 bridgehead atoms. The Morgan fingerprint density at radius 1 is 1.10 bits per heavy atom. The van der Waals surface area contributed by atoms with Crippen LogP contribution in [0.5, 0.6) is 11.5 Å². The summed E-state index contributed by atoms with van der Waals surface area (Å²) in [6, 6.07) is 5.14. The molecule has 1 N–H and O–H groups in total. The van der Waals surface area contributed by atoms with Gasteiger partial charge in [-0.25, -0.2) is 8.42 Å². The fourth-order valence-corrected chi connectivity index (χ4v) is 5.86. The molecular formula is C22H35N3O5S. The zero-order valence-electron chi connectivity index (χ0n) is 19.0. The predicted octanol–water partition coefficient (Wildman–Crippen LogP) is 1.95. The van der Waals surface area contributed by atoms with Gasteiger partial charge in [-0.2, -0.15) is 4.31 Å². The van der Waals surface area contributed by atoms with Crippen LogP contribution in [0.25, 0.3) is 0 Å². The number of methoxy groups -OCH3 is 2. The summed E-state index contributed by atoms with van der Waals surface area (Å²) < 4.78 is 38.0. The average molecular weight is 454 g/mol. The number of hydrogen-bond acceptors (Lipinski definition) is 6. The summed E-state index contributed by atoms with van der Waals surface area (Å²) in [6.45, 7) is 7.88. The van der Waals surface area contributed by atoms with Crippen LogP contribution in [0.4, 0.5) is 0 Å². The van der Waals surface area contributed by atoms with Crippen LogP contribution in [-0.4, -0.2) is 76.5 Å². The number of amides is 1. The van der Waals surface area contributed by atoms with Crippen LogP contribution in [0.15, 0.2) is 23.1 Å². The molecule has 1 amide bonds. The maximum absolute atomic E-state index is 13.0. The first-order valence-corrected chi connectivity index (χ1v) is 12.4. The molecule has 1 aromatic rings. The lowest BCUT2D eigenvalue weighted by molar-refractivity contribution is -0.126. The van der Waals surface area contributed by atoms with Crippen LogP contribution in [0.1, 0.15) is 33.1 Å². The van der Waals surface area contributed by atoms with Gasteiger partial charge in [0.25, 0.3) is 0 Å². The first-order chi connectivity index (χ1) is 14.8. The third-order valence-corrected chi connectivity index (χ3v) is 8.32. The normalized spacial score (nSPS) is 21.4. The Bertz CT molecular complexity index is 866. The number of piperidine rings is 1. The number of rotatable bonds is 8. The third kappa shape index (κ3) is 5.51. The molecule has 2 aliphatic rings. The van der Waals surface area contributed by atoms with E-state index in [1.807, 2.05) is 0 Å². The van der Waals surface area contributed by atoms with E-state index in [0.29, 0.717) is 55.9 Å². The first-order valence-electron chi connectivity index (χ1n) is 11.0. The molecule has 0 aliphatic carbocycles.